The van der Waals surface area contributed by atoms with Crippen molar-refractivity contribution in [2.24, 2.45) is 0 Å². The number of rotatable bonds is 21. The van der Waals surface area contributed by atoms with Crippen molar-refractivity contribution in [3.63, 3.8) is 0 Å². The zero-order valence-electron chi connectivity index (χ0n) is 30.0. The lowest BCUT2D eigenvalue weighted by molar-refractivity contribution is -0.697. The van der Waals surface area contributed by atoms with Gasteiger partial charge in [-0.2, -0.15) is 0 Å². The fourth-order valence-corrected chi connectivity index (χ4v) is 5.04. The summed E-state index contributed by atoms with van der Waals surface area (Å²) in [5.74, 6) is -0.621. The predicted octanol–water partition coefficient (Wildman–Crippen LogP) is 6.38. The fraction of sp³-hybridized carbons (Fsp3) is 0.233. The average molecular weight is 718 g/mol. The molecule has 0 spiro atoms. The summed E-state index contributed by atoms with van der Waals surface area (Å²) in [5.41, 5.74) is 5.43. The summed E-state index contributed by atoms with van der Waals surface area (Å²) in [5, 5.41) is 0. The monoisotopic (exact) mass is 717 g/mol. The molecule has 10 nitrogen and oxygen atoms in total. The molecule has 53 heavy (non-hydrogen) atoms. The highest BCUT2D eigenvalue weighted by Crippen LogP contribution is 2.22. The number of carbonyl (C=O) groups is 4. The summed E-state index contributed by atoms with van der Waals surface area (Å²) in [6.07, 6.45) is 10.8. The third-order valence-corrected chi connectivity index (χ3v) is 8.11. The minimum Gasteiger partial charge on any atom is -0.487 e. The van der Waals surface area contributed by atoms with E-state index in [9.17, 15) is 19.2 Å². The van der Waals surface area contributed by atoms with Crippen molar-refractivity contribution in [1.29, 1.82) is 0 Å². The Kier molecular flexibility index (Phi) is 15.8. The van der Waals surface area contributed by atoms with E-state index in [2.05, 4.69) is 13.2 Å². The van der Waals surface area contributed by atoms with Gasteiger partial charge in [-0.3, -0.25) is 4.79 Å². The number of Topliss-reactive ketones (excluding diaryl/α,β-unsaturated/α-hetero) is 1. The molecule has 0 saturated heterocycles. The van der Waals surface area contributed by atoms with Gasteiger partial charge < -0.3 is 23.8 Å². The van der Waals surface area contributed by atoms with Crippen LogP contribution in [0.3, 0.4) is 0 Å². The second-order valence-electron chi connectivity index (χ2n) is 12.0. The summed E-state index contributed by atoms with van der Waals surface area (Å²) in [6.45, 7) is 9.20. The number of anilines is 1. The summed E-state index contributed by atoms with van der Waals surface area (Å²) in [7, 11) is 1.93. The molecule has 3 aromatic carbocycles. The van der Waals surface area contributed by atoms with Gasteiger partial charge in [0.2, 0.25) is 0 Å². The Bertz CT molecular complexity index is 1850. The van der Waals surface area contributed by atoms with E-state index >= 15 is 0 Å². The van der Waals surface area contributed by atoms with Crippen LogP contribution < -0.4 is 14.2 Å². The Labute approximate surface area is 310 Å². The SMILES string of the molecule is C=CC(=O)OCCCCOC(=O)C=Cc1ccc(-c2ccc(CC(=O)c3ccc(OCC[n+]4ccc(N(C)CCOC(=O)C=C)cc4)cc3)cc2)cc1. The van der Waals surface area contributed by atoms with Crippen molar-refractivity contribution in [3.05, 3.63) is 145 Å². The minimum absolute atomic E-state index is 0.0208. The van der Waals surface area contributed by atoms with E-state index < -0.39 is 17.9 Å². The molecule has 0 atom stereocenters. The highest BCUT2D eigenvalue weighted by atomic mass is 16.5. The smallest absolute Gasteiger partial charge is 0.330 e. The lowest BCUT2D eigenvalue weighted by Gasteiger charge is -2.18. The Hall–Kier alpha value is -6.29. The highest BCUT2D eigenvalue weighted by molar-refractivity contribution is 5.97. The van der Waals surface area contributed by atoms with Crippen LogP contribution in [0.25, 0.3) is 17.2 Å². The van der Waals surface area contributed by atoms with Crippen LogP contribution in [-0.4, -0.2) is 63.7 Å². The van der Waals surface area contributed by atoms with Gasteiger partial charge in [-0.25, -0.2) is 19.0 Å². The molecule has 0 aliphatic carbocycles. The van der Waals surface area contributed by atoms with Crippen LogP contribution >= 0.6 is 0 Å². The van der Waals surface area contributed by atoms with Gasteiger partial charge in [-0.05, 0) is 65.4 Å². The molecule has 0 unspecified atom stereocenters. The highest BCUT2D eigenvalue weighted by Gasteiger charge is 2.10. The maximum atomic E-state index is 13.0. The number of unbranched alkanes of at least 4 members (excludes halogenated alkanes) is 1. The number of hydrogen-bond donors (Lipinski definition) is 0. The van der Waals surface area contributed by atoms with Gasteiger partial charge in [0.05, 0.1) is 19.8 Å². The molecule has 4 rings (SSSR count). The van der Waals surface area contributed by atoms with Crippen molar-refractivity contribution in [2.75, 3.05) is 44.9 Å². The number of esters is 3. The van der Waals surface area contributed by atoms with Crippen LogP contribution in [-0.2, 0) is 41.6 Å². The van der Waals surface area contributed by atoms with Gasteiger partial charge in [0.15, 0.2) is 24.7 Å². The molecule has 0 amide bonds. The summed E-state index contributed by atoms with van der Waals surface area (Å²) >= 11 is 0. The second-order valence-corrected chi connectivity index (χ2v) is 12.0. The molecule has 1 aromatic heterocycles. The first-order valence-electron chi connectivity index (χ1n) is 17.3. The van der Waals surface area contributed by atoms with Crippen LogP contribution in [0.5, 0.6) is 5.75 Å². The normalized spacial score (nSPS) is 10.7. The van der Waals surface area contributed by atoms with Crippen LogP contribution in [0.1, 0.15) is 34.3 Å². The maximum absolute atomic E-state index is 13.0. The van der Waals surface area contributed by atoms with Crippen LogP contribution in [0.2, 0.25) is 0 Å². The van der Waals surface area contributed by atoms with Gasteiger partial charge in [0.25, 0.3) is 0 Å². The number of likely N-dealkylation sites (N-methyl/N-ethyl adjacent to an activating group) is 1. The van der Waals surface area contributed by atoms with Crippen molar-refractivity contribution in [1.82, 2.24) is 0 Å². The number of ether oxygens (including phenoxy) is 4. The largest absolute Gasteiger partial charge is 0.487 e. The standard InChI is InChI=1S/C43H45N2O8/c1-4-41(47)51-28-6-7-29-52-43(49)21-12-33-8-13-35(14-9-33)36-15-10-34(11-16-36)32-40(46)37-17-19-39(20-18-37)50-31-27-45-24-22-38(23-25-45)44(3)26-30-53-42(48)5-2/h4-5,8-25H,1-2,6-7,26-32H2,3H3/q+1. The van der Waals surface area contributed by atoms with Crippen molar-refractivity contribution in [2.45, 2.75) is 25.8 Å². The molecule has 0 fully saturated rings. The molecular weight excluding hydrogens is 672 g/mol. The summed E-state index contributed by atoms with van der Waals surface area (Å²) in [6, 6.07) is 26.9. The third-order valence-electron chi connectivity index (χ3n) is 8.11. The number of ketones is 1. The lowest BCUT2D eigenvalue weighted by atomic mass is 9.99. The molecule has 0 bridgehead atoms. The molecule has 0 saturated carbocycles. The average Bonchev–Trinajstić information content (AvgIpc) is 3.19. The molecule has 1 heterocycles. The third kappa shape index (κ3) is 13.7. The number of aromatic nitrogens is 1. The molecule has 0 aliphatic rings. The lowest BCUT2D eigenvalue weighted by Crippen LogP contribution is -2.36. The van der Waals surface area contributed by atoms with E-state index in [1.165, 1.54) is 6.08 Å². The predicted molar refractivity (Wildman–Crippen MR) is 203 cm³/mol. The molecule has 10 heteroatoms. The zero-order valence-corrected chi connectivity index (χ0v) is 30.0. The number of benzene rings is 3. The topological polar surface area (TPSA) is 112 Å². The van der Waals surface area contributed by atoms with Crippen molar-refractivity contribution in [3.8, 4) is 16.9 Å². The second kappa shape index (κ2) is 21.2. The van der Waals surface area contributed by atoms with Crippen LogP contribution in [0.15, 0.2) is 129 Å². The summed E-state index contributed by atoms with van der Waals surface area (Å²) in [4.78, 5) is 49.2. The summed E-state index contributed by atoms with van der Waals surface area (Å²) < 4.78 is 23.0. The van der Waals surface area contributed by atoms with E-state index in [-0.39, 0.29) is 32.0 Å². The van der Waals surface area contributed by atoms with Gasteiger partial charge in [0, 0.05) is 55.1 Å². The quantitative estimate of drug-likeness (QED) is 0.0242. The molecular formula is C43H45N2O8+. The van der Waals surface area contributed by atoms with Crippen molar-refractivity contribution >= 4 is 35.5 Å². The maximum Gasteiger partial charge on any atom is 0.330 e. The molecule has 0 N–H and O–H groups in total. The van der Waals surface area contributed by atoms with E-state index in [4.69, 9.17) is 18.9 Å². The number of hydrogen-bond acceptors (Lipinski definition) is 9. The minimum atomic E-state index is -0.466. The number of carbonyl (C=O) groups excluding carboxylic acids is 4. The van der Waals surface area contributed by atoms with E-state index in [1.807, 2.05) is 102 Å². The Morgan fingerprint density at radius 3 is 1.85 bits per heavy atom. The van der Waals surface area contributed by atoms with E-state index in [0.717, 1.165) is 40.1 Å². The Morgan fingerprint density at radius 2 is 1.25 bits per heavy atom. The van der Waals surface area contributed by atoms with Crippen LogP contribution in [0, 0.1) is 0 Å². The molecule has 0 radical (unpaired) electrons. The van der Waals surface area contributed by atoms with Crippen molar-refractivity contribution < 1.29 is 42.7 Å². The van der Waals surface area contributed by atoms with Crippen LogP contribution in [0.4, 0.5) is 5.69 Å². The molecule has 0 aliphatic heterocycles. The molecule has 4 aromatic rings. The van der Waals surface area contributed by atoms with Gasteiger partial charge in [0.1, 0.15) is 19.0 Å². The first-order chi connectivity index (χ1) is 25.7. The van der Waals surface area contributed by atoms with Gasteiger partial charge in [-0.15, -0.1) is 0 Å². The Morgan fingerprint density at radius 1 is 0.679 bits per heavy atom. The Balaban J connectivity index is 1.16. The number of pyridine rings is 1. The number of nitrogens with zero attached hydrogens (tertiary/aromatic N) is 2. The first-order valence-corrected chi connectivity index (χ1v) is 17.3. The van der Waals surface area contributed by atoms with Gasteiger partial charge >= 0.3 is 17.9 Å². The van der Waals surface area contributed by atoms with E-state index in [0.29, 0.717) is 43.9 Å². The fourth-order valence-electron chi connectivity index (χ4n) is 5.04. The zero-order chi connectivity index (χ0) is 37.8. The van der Waals surface area contributed by atoms with E-state index in [1.54, 1.807) is 18.2 Å². The first kappa shape index (κ1) is 39.5. The molecule has 274 valence electrons. The van der Waals surface area contributed by atoms with Gasteiger partial charge in [-0.1, -0.05) is 61.7 Å².